The fourth-order valence-electron chi connectivity index (χ4n) is 1.67. The van der Waals surface area contributed by atoms with Crippen molar-refractivity contribution in [2.45, 2.75) is 0 Å². The SMILES string of the molecule is COc1ccc2nc(-c3ccc(N)cn3)sc2c1.Cl. The number of pyridine rings is 1. The maximum atomic E-state index is 5.62. The zero-order valence-electron chi connectivity index (χ0n) is 10.2. The van der Waals surface area contributed by atoms with Crippen LogP contribution in [0.4, 0.5) is 5.69 Å². The lowest BCUT2D eigenvalue weighted by Crippen LogP contribution is -1.87. The van der Waals surface area contributed by atoms with Crippen molar-refractivity contribution in [3.8, 4) is 16.5 Å². The monoisotopic (exact) mass is 293 g/mol. The lowest BCUT2D eigenvalue weighted by Gasteiger charge is -1.96. The summed E-state index contributed by atoms with van der Waals surface area (Å²) in [7, 11) is 1.66. The van der Waals surface area contributed by atoms with Crippen molar-refractivity contribution in [2.24, 2.45) is 0 Å². The maximum absolute atomic E-state index is 5.62. The van der Waals surface area contributed by atoms with E-state index in [1.54, 1.807) is 24.6 Å². The summed E-state index contributed by atoms with van der Waals surface area (Å²) >= 11 is 1.59. The Morgan fingerprint density at radius 3 is 2.74 bits per heavy atom. The molecule has 0 bridgehead atoms. The molecule has 1 aromatic carbocycles. The standard InChI is InChI=1S/C13H11N3OS.ClH/c1-17-9-3-5-10-12(6-9)18-13(16-10)11-4-2-8(14)7-15-11;/h2-7H,14H2,1H3;1H. The predicted octanol–water partition coefficient (Wildman–Crippen LogP) is 3.37. The molecule has 0 aliphatic rings. The molecule has 0 saturated heterocycles. The highest BCUT2D eigenvalue weighted by atomic mass is 35.5. The number of halogens is 1. The van der Waals surface area contributed by atoms with Crippen LogP contribution in [0, 0.1) is 0 Å². The largest absolute Gasteiger partial charge is 0.497 e. The Morgan fingerprint density at radius 2 is 2.05 bits per heavy atom. The molecule has 2 heterocycles. The van der Waals surface area contributed by atoms with Gasteiger partial charge in [-0.2, -0.15) is 0 Å². The average Bonchev–Trinajstić information content (AvgIpc) is 2.82. The first-order valence-electron chi connectivity index (χ1n) is 5.43. The second kappa shape index (κ2) is 5.42. The van der Waals surface area contributed by atoms with E-state index in [4.69, 9.17) is 10.5 Å². The van der Waals surface area contributed by atoms with Gasteiger partial charge in [0, 0.05) is 0 Å². The number of aromatic nitrogens is 2. The number of anilines is 1. The molecule has 2 aromatic heterocycles. The van der Waals surface area contributed by atoms with Gasteiger partial charge >= 0.3 is 0 Å². The summed E-state index contributed by atoms with van der Waals surface area (Å²) in [5.74, 6) is 0.836. The number of nitrogens with two attached hydrogens (primary N) is 1. The van der Waals surface area contributed by atoms with Gasteiger partial charge in [0.1, 0.15) is 10.8 Å². The Balaban J connectivity index is 0.00000133. The maximum Gasteiger partial charge on any atom is 0.143 e. The van der Waals surface area contributed by atoms with E-state index in [1.807, 2.05) is 30.3 Å². The van der Waals surface area contributed by atoms with Crippen molar-refractivity contribution >= 4 is 39.6 Å². The number of methoxy groups -OCH3 is 1. The van der Waals surface area contributed by atoms with Crippen LogP contribution in [0.5, 0.6) is 5.75 Å². The van der Waals surface area contributed by atoms with Crippen molar-refractivity contribution in [1.82, 2.24) is 9.97 Å². The van der Waals surface area contributed by atoms with Crippen LogP contribution in [0.2, 0.25) is 0 Å². The average molecular weight is 294 g/mol. The van der Waals surface area contributed by atoms with Gasteiger partial charge in [-0.25, -0.2) is 4.98 Å². The molecule has 0 radical (unpaired) electrons. The molecule has 4 nitrogen and oxygen atoms in total. The molecule has 3 aromatic rings. The normalized spacial score (nSPS) is 10.2. The van der Waals surface area contributed by atoms with Gasteiger partial charge < -0.3 is 10.5 Å². The molecule has 0 atom stereocenters. The van der Waals surface area contributed by atoms with Gasteiger partial charge in [0.2, 0.25) is 0 Å². The Hall–Kier alpha value is -1.85. The minimum Gasteiger partial charge on any atom is -0.497 e. The van der Waals surface area contributed by atoms with E-state index in [9.17, 15) is 0 Å². The fourth-order valence-corrected chi connectivity index (χ4v) is 2.64. The first-order valence-corrected chi connectivity index (χ1v) is 6.24. The summed E-state index contributed by atoms with van der Waals surface area (Å²) in [5.41, 5.74) is 8.07. The van der Waals surface area contributed by atoms with Gasteiger partial charge in [-0.15, -0.1) is 23.7 Å². The number of benzene rings is 1. The highest BCUT2D eigenvalue weighted by Crippen LogP contribution is 2.31. The fraction of sp³-hybridized carbons (Fsp3) is 0.0769. The molecule has 0 spiro atoms. The number of nitrogen functional groups attached to an aromatic ring is 1. The van der Waals surface area contributed by atoms with Crippen LogP contribution in [0.1, 0.15) is 0 Å². The number of hydrogen-bond donors (Lipinski definition) is 1. The van der Waals surface area contributed by atoms with Crippen molar-refractivity contribution in [3.05, 3.63) is 36.5 Å². The zero-order chi connectivity index (χ0) is 12.5. The van der Waals surface area contributed by atoms with Crippen LogP contribution in [-0.2, 0) is 0 Å². The molecule has 0 saturated carbocycles. The van der Waals surface area contributed by atoms with Crippen molar-refractivity contribution < 1.29 is 4.74 Å². The third-order valence-electron chi connectivity index (χ3n) is 2.60. The predicted molar refractivity (Wildman–Crippen MR) is 81.1 cm³/mol. The summed E-state index contributed by atoms with van der Waals surface area (Å²) in [6, 6.07) is 9.54. The van der Waals surface area contributed by atoms with Crippen LogP contribution in [0.3, 0.4) is 0 Å². The van der Waals surface area contributed by atoms with E-state index in [1.165, 1.54) is 0 Å². The summed E-state index contributed by atoms with van der Waals surface area (Å²) < 4.78 is 6.29. The van der Waals surface area contributed by atoms with Gasteiger partial charge in [-0.3, -0.25) is 4.98 Å². The topological polar surface area (TPSA) is 61.0 Å². The Labute approximate surface area is 120 Å². The number of hydrogen-bond acceptors (Lipinski definition) is 5. The van der Waals surface area contributed by atoms with Gasteiger partial charge in [0.25, 0.3) is 0 Å². The molecule has 0 aliphatic heterocycles. The quantitative estimate of drug-likeness (QED) is 0.787. The minimum absolute atomic E-state index is 0. The zero-order valence-corrected chi connectivity index (χ0v) is 11.8. The van der Waals surface area contributed by atoms with Gasteiger partial charge in [-0.1, -0.05) is 0 Å². The third-order valence-corrected chi connectivity index (χ3v) is 3.64. The highest BCUT2D eigenvalue weighted by Gasteiger charge is 2.08. The second-order valence-corrected chi connectivity index (χ2v) is 4.86. The smallest absolute Gasteiger partial charge is 0.143 e. The van der Waals surface area contributed by atoms with Crippen molar-refractivity contribution in [1.29, 1.82) is 0 Å². The van der Waals surface area contributed by atoms with Crippen LogP contribution >= 0.6 is 23.7 Å². The van der Waals surface area contributed by atoms with E-state index in [-0.39, 0.29) is 12.4 Å². The first-order chi connectivity index (χ1) is 8.76. The molecule has 0 amide bonds. The van der Waals surface area contributed by atoms with E-state index in [2.05, 4.69) is 9.97 Å². The third kappa shape index (κ3) is 2.62. The van der Waals surface area contributed by atoms with E-state index in [0.29, 0.717) is 5.69 Å². The summed E-state index contributed by atoms with van der Waals surface area (Å²) in [6.07, 6.45) is 1.64. The molecule has 2 N–H and O–H groups in total. The summed E-state index contributed by atoms with van der Waals surface area (Å²) in [6.45, 7) is 0. The number of fused-ring (bicyclic) bond motifs is 1. The molecule has 0 unspecified atom stereocenters. The van der Waals surface area contributed by atoms with E-state index >= 15 is 0 Å². The molecule has 6 heteroatoms. The Morgan fingerprint density at radius 1 is 1.21 bits per heavy atom. The highest BCUT2D eigenvalue weighted by molar-refractivity contribution is 7.21. The van der Waals surface area contributed by atoms with Crippen molar-refractivity contribution in [3.63, 3.8) is 0 Å². The number of rotatable bonds is 2. The lowest BCUT2D eigenvalue weighted by molar-refractivity contribution is 0.415. The number of thiazole rings is 1. The van der Waals surface area contributed by atoms with Crippen LogP contribution in [0.15, 0.2) is 36.5 Å². The van der Waals surface area contributed by atoms with Crippen LogP contribution in [-0.4, -0.2) is 17.1 Å². The molecule has 0 aliphatic carbocycles. The van der Waals surface area contributed by atoms with Gasteiger partial charge in [-0.05, 0) is 30.3 Å². The first kappa shape index (κ1) is 13.6. The lowest BCUT2D eigenvalue weighted by atomic mass is 10.3. The van der Waals surface area contributed by atoms with E-state index < -0.39 is 0 Å². The van der Waals surface area contributed by atoms with Crippen LogP contribution in [0.25, 0.3) is 20.9 Å². The van der Waals surface area contributed by atoms with Crippen molar-refractivity contribution in [2.75, 3.05) is 12.8 Å². The Bertz CT molecular complexity index is 697. The molecular formula is C13H12ClN3OS. The second-order valence-electron chi connectivity index (χ2n) is 3.83. The summed E-state index contributed by atoms with van der Waals surface area (Å²) in [4.78, 5) is 8.83. The van der Waals surface area contributed by atoms with Crippen LogP contribution < -0.4 is 10.5 Å². The van der Waals surface area contributed by atoms with E-state index in [0.717, 1.165) is 26.7 Å². The molecular weight excluding hydrogens is 282 g/mol. The molecule has 98 valence electrons. The number of ether oxygens (including phenoxy) is 1. The summed E-state index contributed by atoms with van der Waals surface area (Å²) in [5, 5.41) is 0.887. The molecule has 0 fully saturated rings. The molecule has 3 rings (SSSR count). The number of nitrogens with zero attached hydrogens (tertiary/aromatic N) is 2. The van der Waals surface area contributed by atoms with Gasteiger partial charge in [0.05, 0.1) is 34.9 Å². The van der Waals surface area contributed by atoms with Gasteiger partial charge in [0.15, 0.2) is 0 Å². The Kier molecular flexibility index (Phi) is 3.87. The minimum atomic E-state index is 0. The molecule has 19 heavy (non-hydrogen) atoms.